The Hall–Kier alpha value is -6.85. The van der Waals surface area contributed by atoms with Crippen molar-refractivity contribution in [1.82, 2.24) is 4.98 Å². The molecule has 12 aromatic rings. The SMILES string of the molecule is c1ccc2c(c1)sc1cc3cc(N(c4ccc(-c5ccc(-c6ccc7cnccc7c6)cc5)cc4)c4ccc5cc6c(cc5c4)sc4ccccc46)ccc3cc12. The van der Waals surface area contributed by atoms with Crippen molar-refractivity contribution in [2.24, 2.45) is 0 Å². The summed E-state index contributed by atoms with van der Waals surface area (Å²) in [5.74, 6) is 0. The molecule has 0 aliphatic heterocycles. The molecule has 3 heterocycles. The van der Waals surface area contributed by atoms with Gasteiger partial charge in [0.2, 0.25) is 0 Å². The third-order valence-corrected chi connectivity index (χ3v) is 13.7. The lowest BCUT2D eigenvalue weighted by Gasteiger charge is -2.26. The van der Waals surface area contributed by atoms with Crippen molar-refractivity contribution >= 4 is 112 Å². The summed E-state index contributed by atoms with van der Waals surface area (Å²) in [5, 5.41) is 12.6. The first-order chi connectivity index (χ1) is 28.2. The Morgan fingerprint density at radius 2 is 0.789 bits per heavy atom. The van der Waals surface area contributed by atoms with Crippen molar-refractivity contribution in [3.05, 3.63) is 194 Å². The predicted octanol–water partition coefficient (Wildman–Crippen LogP) is 16.1. The second-order valence-electron chi connectivity index (χ2n) is 14.9. The van der Waals surface area contributed by atoms with E-state index in [1.54, 1.807) is 0 Å². The molecule has 0 bridgehead atoms. The number of hydrogen-bond acceptors (Lipinski definition) is 4. The van der Waals surface area contributed by atoms with Gasteiger partial charge in [0, 0.05) is 75.2 Å². The lowest BCUT2D eigenvalue weighted by molar-refractivity contribution is 1.29. The van der Waals surface area contributed by atoms with Gasteiger partial charge in [0.15, 0.2) is 0 Å². The first kappa shape index (κ1) is 32.4. The Bertz CT molecular complexity index is 3370. The maximum atomic E-state index is 4.27. The van der Waals surface area contributed by atoms with Gasteiger partial charge in [0.1, 0.15) is 0 Å². The van der Waals surface area contributed by atoms with Crippen molar-refractivity contribution in [2.75, 3.05) is 4.90 Å². The van der Waals surface area contributed by atoms with Crippen LogP contribution in [0.15, 0.2) is 194 Å². The molecule has 0 spiro atoms. The molecule has 0 saturated heterocycles. The first-order valence-corrected chi connectivity index (χ1v) is 20.9. The average Bonchev–Trinajstić information content (AvgIpc) is 3.82. The molecule has 0 aliphatic rings. The van der Waals surface area contributed by atoms with Crippen molar-refractivity contribution < 1.29 is 0 Å². The number of anilines is 3. The quantitative estimate of drug-likeness (QED) is 0.174. The first-order valence-electron chi connectivity index (χ1n) is 19.2. The van der Waals surface area contributed by atoms with Gasteiger partial charge in [-0.25, -0.2) is 0 Å². The summed E-state index contributed by atoms with van der Waals surface area (Å²) >= 11 is 3.74. The van der Waals surface area contributed by atoms with Crippen LogP contribution in [0.4, 0.5) is 17.1 Å². The van der Waals surface area contributed by atoms with Crippen molar-refractivity contribution in [3.63, 3.8) is 0 Å². The molecular formula is C53H32N2S2. The fourth-order valence-electron chi connectivity index (χ4n) is 8.56. The number of pyridine rings is 1. The molecule has 9 aromatic carbocycles. The van der Waals surface area contributed by atoms with Gasteiger partial charge in [-0.15, -0.1) is 22.7 Å². The molecule has 0 atom stereocenters. The number of rotatable bonds is 5. The third-order valence-electron chi connectivity index (χ3n) is 11.5. The number of hydrogen-bond donors (Lipinski definition) is 0. The minimum Gasteiger partial charge on any atom is -0.310 e. The van der Waals surface area contributed by atoms with E-state index in [4.69, 9.17) is 0 Å². The highest BCUT2D eigenvalue weighted by Gasteiger charge is 2.16. The summed E-state index contributed by atoms with van der Waals surface area (Å²) in [6.45, 7) is 0. The topological polar surface area (TPSA) is 16.1 Å². The lowest BCUT2D eigenvalue weighted by atomic mass is 9.98. The molecule has 3 aromatic heterocycles. The number of nitrogens with zero attached hydrogens (tertiary/aromatic N) is 2. The highest BCUT2D eigenvalue weighted by Crippen LogP contribution is 2.43. The summed E-state index contributed by atoms with van der Waals surface area (Å²) in [4.78, 5) is 6.67. The highest BCUT2D eigenvalue weighted by molar-refractivity contribution is 7.26. The van der Waals surface area contributed by atoms with Gasteiger partial charge in [-0.2, -0.15) is 0 Å². The zero-order valence-corrected chi connectivity index (χ0v) is 32.3. The van der Waals surface area contributed by atoms with Gasteiger partial charge in [-0.3, -0.25) is 4.98 Å². The van der Waals surface area contributed by atoms with E-state index in [1.165, 1.54) is 89.5 Å². The van der Waals surface area contributed by atoms with E-state index in [1.807, 2.05) is 35.1 Å². The van der Waals surface area contributed by atoms with E-state index in [2.05, 4.69) is 192 Å². The molecule has 57 heavy (non-hydrogen) atoms. The molecule has 12 rings (SSSR count). The van der Waals surface area contributed by atoms with Crippen molar-refractivity contribution in [2.45, 2.75) is 0 Å². The summed E-state index contributed by atoms with van der Waals surface area (Å²) in [7, 11) is 0. The predicted molar refractivity (Wildman–Crippen MR) is 248 cm³/mol. The third kappa shape index (κ3) is 5.48. The monoisotopic (exact) mass is 760 g/mol. The molecule has 0 amide bonds. The van der Waals surface area contributed by atoms with E-state index in [-0.39, 0.29) is 0 Å². The zero-order valence-electron chi connectivity index (χ0n) is 30.7. The van der Waals surface area contributed by atoms with Crippen LogP contribution in [0.1, 0.15) is 0 Å². The molecule has 2 nitrogen and oxygen atoms in total. The fourth-order valence-corrected chi connectivity index (χ4v) is 10.8. The van der Waals surface area contributed by atoms with Crippen LogP contribution in [0.3, 0.4) is 0 Å². The van der Waals surface area contributed by atoms with Gasteiger partial charge in [-0.05, 0) is 134 Å². The molecule has 0 fully saturated rings. The second kappa shape index (κ2) is 12.9. The van der Waals surface area contributed by atoms with Crippen LogP contribution in [0.2, 0.25) is 0 Å². The van der Waals surface area contributed by atoms with E-state index in [0.717, 1.165) is 22.4 Å². The number of aromatic nitrogens is 1. The van der Waals surface area contributed by atoms with Crippen LogP contribution >= 0.6 is 22.7 Å². The van der Waals surface area contributed by atoms with E-state index >= 15 is 0 Å². The number of fused-ring (bicyclic) bond motifs is 9. The summed E-state index contributed by atoms with van der Waals surface area (Å²) in [5.41, 5.74) is 8.17. The minimum absolute atomic E-state index is 1.12. The normalized spacial score (nSPS) is 11.9. The Morgan fingerprint density at radius 1 is 0.316 bits per heavy atom. The second-order valence-corrected chi connectivity index (χ2v) is 17.0. The Kier molecular flexibility index (Phi) is 7.31. The van der Waals surface area contributed by atoms with Crippen LogP contribution in [-0.4, -0.2) is 4.98 Å². The van der Waals surface area contributed by atoms with Crippen LogP contribution < -0.4 is 4.90 Å². The standard InChI is InChI=1S/C53H32N2S2/c1-3-7-50-46(5-1)48-28-37-17-21-44(26-41(37)30-52(48)56-50)55(45-22-18-38-29-49-47-6-2-4-8-51(47)57-53(49)31-42(38)27-45)43-19-15-34(16-20-43)33-9-11-35(12-10-33)36-13-14-40-32-54-24-23-39(40)25-36/h1-32H. The summed E-state index contributed by atoms with van der Waals surface area (Å²) in [6, 6.07) is 67.4. The zero-order chi connectivity index (χ0) is 37.5. The average molecular weight is 761 g/mol. The lowest BCUT2D eigenvalue weighted by Crippen LogP contribution is -2.09. The van der Waals surface area contributed by atoms with E-state index < -0.39 is 0 Å². The van der Waals surface area contributed by atoms with E-state index in [0.29, 0.717) is 0 Å². The maximum Gasteiger partial charge on any atom is 0.0468 e. The molecule has 4 heteroatoms. The molecule has 266 valence electrons. The summed E-state index contributed by atoms with van der Waals surface area (Å²) in [6.07, 6.45) is 3.77. The Morgan fingerprint density at radius 3 is 1.39 bits per heavy atom. The smallest absolute Gasteiger partial charge is 0.0468 e. The maximum absolute atomic E-state index is 4.27. The molecule has 0 aliphatic carbocycles. The van der Waals surface area contributed by atoms with Gasteiger partial charge in [-0.1, -0.05) is 97.1 Å². The van der Waals surface area contributed by atoms with Crippen LogP contribution in [0.25, 0.3) is 94.9 Å². The van der Waals surface area contributed by atoms with Crippen molar-refractivity contribution in [3.8, 4) is 22.3 Å². The van der Waals surface area contributed by atoms with Crippen molar-refractivity contribution in [1.29, 1.82) is 0 Å². The molecule has 0 saturated carbocycles. The van der Waals surface area contributed by atoms with Gasteiger partial charge < -0.3 is 4.90 Å². The number of benzene rings is 9. The fraction of sp³-hybridized carbons (Fsp3) is 0. The summed E-state index contributed by atoms with van der Waals surface area (Å²) < 4.78 is 5.29. The molecular weight excluding hydrogens is 729 g/mol. The Labute approximate surface area is 337 Å². The minimum atomic E-state index is 1.12. The highest BCUT2D eigenvalue weighted by atomic mass is 32.1. The van der Waals surface area contributed by atoms with Crippen LogP contribution in [-0.2, 0) is 0 Å². The molecule has 0 unspecified atom stereocenters. The van der Waals surface area contributed by atoms with E-state index in [9.17, 15) is 0 Å². The van der Waals surface area contributed by atoms with Gasteiger partial charge >= 0.3 is 0 Å². The van der Waals surface area contributed by atoms with Crippen LogP contribution in [0, 0.1) is 0 Å². The van der Waals surface area contributed by atoms with Gasteiger partial charge in [0.05, 0.1) is 0 Å². The number of thiophene rings is 2. The largest absolute Gasteiger partial charge is 0.310 e. The Balaban J connectivity index is 0.956. The van der Waals surface area contributed by atoms with Crippen LogP contribution in [0.5, 0.6) is 0 Å². The molecule has 0 radical (unpaired) electrons. The van der Waals surface area contributed by atoms with Gasteiger partial charge in [0.25, 0.3) is 0 Å². The molecule has 0 N–H and O–H groups in total.